The maximum atomic E-state index is 16.8. The zero-order chi connectivity index (χ0) is 41.4. The zero-order valence-electron chi connectivity index (χ0n) is 32.5. The molecule has 2 aliphatic heterocycles. The molecule has 6 atom stereocenters. The highest BCUT2D eigenvalue weighted by Gasteiger charge is 2.51. The number of urea groups is 1. The number of carbonyl (C=O) groups is 6. The van der Waals surface area contributed by atoms with Gasteiger partial charge < -0.3 is 20.5 Å². The van der Waals surface area contributed by atoms with E-state index in [9.17, 15) is 42.3 Å². The second kappa shape index (κ2) is 16.7. The molecule has 0 spiro atoms. The van der Waals surface area contributed by atoms with Crippen LogP contribution in [0.15, 0.2) is 36.9 Å². The van der Waals surface area contributed by atoms with Crippen LogP contribution < -0.4 is 15.4 Å². The summed E-state index contributed by atoms with van der Waals surface area (Å²) in [7, 11) is -3.98. The standard InChI is InChI=1S/C40H52FN5O10S/c1-5-23-18-32(23)46(37(50)44-57(54,55)25-13-14-25)36(49)29-20-42-19-28(29)26-15-16-27-30(33(26)41)21-45(39(52)53)34(27)35(48)31(43-38(51)56-40(2,3)4)17-12-24(47)11-10-22-8-6-7-9-22/h5,10-11,15-16,22-23,25,28-29,31-32,34,42H,1,6-9,12-14,17-21H2,2-4H3,(H,43,51)(H,44,50)(H,52,53)/b11-10+/t23-,28+,29?,31+,32-,34?/m1/s1. The number of nitrogens with one attached hydrogen (secondary N) is 3. The van der Waals surface area contributed by atoms with Crippen molar-refractivity contribution in [2.45, 2.75) is 120 Å². The van der Waals surface area contributed by atoms with Gasteiger partial charge in [-0.1, -0.05) is 37.1 Å². The lowest BCUT2D eigenvalue weighted by molar-refractivity contribution is -0.133. The molecule has 3 aliphatic carbocycles. The number of carboxylic acid groups (broad SMARTS) is 1. The van der Waals surface area contributed by atoms with E-state index in [4.69, 9.17) is 4.74 Å². The molecular weight excluding hydrogens is 762 g/mol. The first-order chi connectivity index (χ1) is 26.9. The van der Waals surface area contributed by atoms with Gasteiger partial charge in [0.25, 0.3) is 0 Å². The van der Waals surface area contributed by atoms with Gasteiger partial charge in [-0.2, -0.15) is 0 Å². The topological polar surface area (TPSA) is 209 Å². The number of allylic oxidation sites excluding steroid dienone is 2. The number of halogens is 1. The number of amides is 5. The van der Waals surface area contributed by atoms with Crippen LogP contribution in [0.1, 0.15) is 107 Å². The van der Waals surface area contributed by atoms with Gasteiger partial charge in [-0.15, -0.1) is 6.58 Å². The van der Waals surface area contributed by atoms with Gasteiger partial charge in [0.05, 0.1) is 23.8 Å². The van der Waals surface area contributed by atoms with Gasteiger partial charge in [0.15, 0.2) is 11.6 Å². The second-order valence-corrected chi connectivity index (χ2v) is 18.8. The Hall–Kier alpha value is -4.64. The number of rotatable bonds is 14. The number of Topliss-reactive ketones (excluding diaryl/α,β-unsaturated/α-hetero) is 1. The summed E-state index contributed by atoms with van der Waals surface area (Å²) < 4.78 is 49.5. The summed E-state index contributed by atoms with van der Waals surface area (Å²) in [5.74, 6) is -4.31. The van der Waals surface area contributed by atoms with Crippen LogP contribution in [0.25, 0.3) is 0 Å². The molecule has 0 radical (unpaired) electrons. The summed E-state index contributed by atoms with van der Waals surface area (Å²) in [5, 5.41) is 15.1. The highest BCUT2D eigenvalue weighted by atomic mass is 32.2. The Morgan fingerprint density at radius 1 is 1.09 bits per heavy atom. The third-order valence-electron chi connectivity index (χ3n) is 11.4. The van der Waals surface area contributed by atoms with Gasteiger partial charge in [-0.3, -0.25) is 24.2 Å². The minimum atomic E-state index is -3.98. The van der Waals surface area contributed by atoms with Crippen molar-refractivity contribution in [2.24, 2.45) is 17.8 Å². The molecule has 0 aromatic heterocycles. The van der Waals surface area contributed by atoms with Crippen molar-refractivity contribution in [3.8, 4) is 0 Å². The highest BCUT2D eigenvalue weighted by Crippen LogP contribution is 2.43. The molecule has 1 aromatic rings. The Morgan fingerprint density at radius 2 is 1.77 bits per heavy atom. The van der Waals surface area contributed by atoms with Crippen LogP contribution in [-0.4, -0.2) is 95.0 Å². The van der Waals surface area contributed by atoms with Crippen molar-refractivity contribution in [1.29, 1.82) is 0 Å². The third kappa shape index (κ3) is 9.57. The van der Waals surface area contributed by atoms with Crippen molar-refractivity contribution in [2.75, 3.05) is 13.1 Å². The van der Waals surface area contributed by atoms with E-state index < -0.39 is 93.1 Å². The summed E-state index contributed by atoms with van der Waals surface area (Å²) in [5.41, 5.74) is -0.906. The zero-order valence-corrected chi connectivity index (χ0v) is 33.3. The summed E-state index contributed by atoms with van der Waals surface area (Å²) in [4.78, 5) is 82.0. The van der Waals surface area contributed by atoms with Crippen molar-refractivity contribution in [1.82, 2.24) is 25.2 Å². The molecular formula is C40H52FN5O10S. The van der Waals surface area contributed by atoms with Gasteiger partial charge in [-0.05, 0) is 88.3 Å². The lowest BCUT2D eigenvalue weighted by Gasteiger charge is -2.28. The van der Waals surface area contributed by atoms with Crippen molar-refractivity contribution < 1.29 is 51.4 Å². The molecule has 2 unspecified atom stereocenters. The van der Waals surface area contributed by atoms with E-state index in [1.54, 1.807) is 26.8 Å². The van der Waals surface area contributed by atoms with Crippen LogP contribution in [0.5, 0.6) is 0 Å². The lowest BCUT2D eigenvalue weighted by atomic mass is 9.85. The predicted octanol–water partition coefficient (Wildman–Crippen LogP) is 4.83. The maximum Gasteiger partial charge on any atom is 0.408 e. The number of carbonyl (C=O) groups excluding carboxylic acids is 5. The third-order valence-corrected chi connectivity index (χ3v) is 13.3. The number of benzene rings is 1. The minimum absolute atomic E-state index is 0.0546. The average Bonchev–Trinajstić information content (AvgIpc) is 3.96. The van der Waals surface area contributed by atoms with E-state index in [-0.39, 0.29) is 54.3 Å². The number of hydrogen-bond acceptors (Lipinski definition) is 10. The minimum Gasteiger partial charge on any atom is -0.465 e. The quantitative estimate of drug-likeness (QED) is 0.148. The van der Waals surface area contributed by atoms with Crippen molar-refractivity contribution in [3.63, 3.8) is 0 Å². The summed E-state index contributed by atoms with van der Waals surface area (Å²) in [6.07, 6.45) is 7.55. The van der Waals surface area contributed by atoms with Crippen molar-refractivity contribution >= 4 is 45.7 Å². The van der Waals surface area contributed by atoms with Crippen LogP contribution >= 0.6 is 0 Å². The molecule has 310 valence electrons. The van der Waals surface area contributed by atoms with Crippen LogP contribution in [0, 0.1) is 23.6 Å². The number of sulfonamides is 1. The van der Waals surface area contributed by atoms with Gasteiger partial charge in [0.2, 0.25) is 15.9 Å². The Balaban J connectivity index is 1.25. The Morgan fingerprint density at radius 3 is 2.39 bits per heavy atom. The van der Waals surface area contributed by atoms with E-state index >= 15 is 4.39 Å². The molecule has 1 aromatic carbocycles. The number of ketones is 2. The monoisotopic (exact) mass is 813 g/mol. The fraction of sp³-hybridized carbons (Fsp3) is 0.600. The number of fused-ring (bicyclic) bond motifs is 1. The first-order valence-electron chi connectivity index (χ1n) is 19.7. The van der Waals surface area contributed by atoms with Crippen LogP contribution in [0.4, 0.5) is 18.8 Å². The fourth-order valence-corrected chi connectivity index (χ4v) is 9.47. The number of imide groups is 1. The molecule has 15 nitrogen and oxygen atoms in total. The number of ether oxygens (including phenoxy) is 1. The van der Waals surface area contributed by atoms with Crippen LogP contribution in [0.2, 0.25) is 0 Å². The number of alkyl carbamates (subject to hydrolysis) is 1. The molecule has 4 N–H and O–H groups in total. The van der Waals surface area contributed by atoms with E-state index in [0.29, 0.717) is 25.2 Å². The van der Waals surface area contributed by atoms with E-state index in [1.807, 2.05) is 10.8 Å². The Kier molecular flexibility index (Phi) is 12.3. The van der Waals surface area contributed by atoms with Gasteiger partial charge in [-0.25, -0.2) is 31.9 Å². The first-order valence-corrected chi connectivity index (χ1v) is 21.2. The Labute approximate surface area is 331 Å². The molecule has 57 heavy (non-hydrogen) atoms. The van der Waals surface area contributed by atoms with E-state index in [2.05, 4.69) is 17.2 Å². The highest BCUT2D eigenvalue weighted by molar-refractivity contribution is 7.90. The normalized spacial score (nSPS) is 25.1. The molecule has 5 aliphatic rings. The van der Waals surface area contributed by atoms with E-state index in [1.165, 1.54) is 18.2 Å². The molecule has 2 heterocycles. The summed E-state index contributed by atoms with van der Waals surface area (Å²) >= 11 is 0. The predicted molar refractivity (Wildman–Crippen MR) is 205 cm³/mol. The smallest absolute Gasteiger partial charge is 0.408 e. The van der Waals surface area contributed by atoms with Gasteiger partial charge in [0.1, 0.15) is 17.5 Å². The van der Waals surface area contributed by atoms with Gasteiger partial charge in [0, 0.05) is 37.0 Å². The number of nitrogens with zero attached hydrogens (tertiary/aromatic N) is 2. The largest absolute Gasteiger partial charge is 0.465 e. The van der Waals surface area contributed by atoms with E-state index in [0.717, 1.165) is 35.5 Å². The van der Waals surface area contributed by atoms with Crippen molar-refractivity contribution in [3.05, 3.63) is 59.4 Å². The summed E-state index contributed by atoms with van der Waals surface area (Å²) in [6.45, 7) is 8.30. The average molecular weight is 814 g/mol. The van der Waals surface area contributed by atoms with Gasteiger partial charge >= 0.3 is 18.2 Å². The Bertz CT molecular complexity index is 1950. The first kappa shape index (κ1) is 42.0. The molecule has 3 saturated carbocycles. The molecule has 4 fully saturated rings. The molecule has 5 amide bonds. The molecule has 0 bridgehead atoms. The fourth-order valence-electron chi connectivity index (χ4n) is 8.20. The molecule has 1 saturated heterocycles. The SMILES string of the molecule is C=C[C@@H]1C[C@H]1N(C(=O)NS(=O)(=O)C1CC1)C(=O)C1CNC[C@H]1c1ccc2c(c1F)CN(C(=O)O)C2C(=O)[C@H](CCC(=O)/C=C/C1CCCC1)NC(=O)OC(C)(C)C. The number of hydrogen-bond donors (Lipinski definition) is 4. The second-order valence-electron chi connectivity index (χ2n) is 16.8. The van der Waals surface area contributed by atoms with Crippen LogP contribution in [0.3, 0.4) is 0 Å². The van der Waals surface area contributed by atoms with Crippen LogP contribution in [-0.2, 0) is 35.7 Å². The molecule has 6 rings (SSSR count). The molecule has 17 heteroatoms. The maximum absolute atomic E-state index is 16.8. The lowest BCUT2D eigenvalue weighted by Crippen LogP contribution is -2.51. The summed E-state index contributed by atoms with van der Waals surface area (Å²) in [6, 6.07) is -1.78.